The van der Waals surface area contributed by atoms with Gasteiger partial charge in [0.25, 0.3) is 0 Å². The van der Waals surface area contributed by atoms with E-state index in [9.17, 15) is 22.4 Å². The quantitative estimate of drug-likeness (QED) is 0.702. The summed E-state index contributed by atoms with van der Waals surface area (Å²) in [5.41, 5.74) is 0.464. The molecule has 1 N–H and O–H groups in total. The zero-order valence-corrected chi connectivity index (χ0v) is 13.7. The summed E-state index contributed by atoms with van der Waals surface area (Å²) >= 11 is 0. The first-order chi connectivity index (χ1) is 12.8. The number of aromatic nitrogens is 3. The maximum Gasteiger partial charge on any atom is 0.416 e. The van der Waals surface area contributed by atoms with Crippen LogP contribution >= 0.6 is 0 Å². The number of rotatable bonds is 4. The van der Waals surface area contributed by atoms with Crippen molar-refractivity contribution >= 4 is 11.7 Å². The molecule has 1 amide bonds. The summed E-state index contributed by atoms with van der Waals surface area (Å²) in [4.78, 5) is 15.7. The number of hydrogen-bond donors (Lipinski definition) is 1. The highest BCUT2D eigenvalue weighted by atomic mass is 19.4. The molecule has 0 spiro atoms. The van der Waals surface area contributed by atoms with Gasteiger partial charge in [-0.2, -0.15) is 13.2 Å². The fourth-order valence-corrected chi connectivity index (χ4v) is 2.25. The Balaban J connectivity index is 1.64. The Hall–Kier alpha value is -3.36. The lowest BCUT2D eigenvalue weighted by Crippen LogP contribution is -2.16. The molecular formula is C18H12F4N4O. The molecule has 9 heteroatoms. The highest BCUT2D eigenvalue weighted by molar-refractivity contribution is 5.91. The summed E-state index contributed by atoms with van der Waals surface area (Å²) in [5, 5.41) is 10.3. The number of carbonyl (C=O) groups is 1. The lowest BCUT2D eigenvalue weighted by Gasteiger charge is -2.08. The van der Waals surface area contributed by atoms with Crippen molar-refractivity contribution in [1.82, 2.24) is 15.2 Å². The fourth-order valence-electron chi connectivity index (χ4n) is 2.25. The number of anilines is 1. The lowest BCUT2D eigenvalue weighted by molar-refractivity contribution is -0.137. The molecule has 0 unspecified atom stereocenters. The van der Waals surface area contributed by atoms with Crippen molar-refractivity contribution in [1.29, 1.82) is 0 Å². The Morgan fingerprint density at radius 3 is 2.26 bits per heavy atom. The van der Waals surface area contributed by atoms with Crippen molar-refractivity contribution in [3.05, 3.63) is 71.8 Å². The molecule has 3 aromatic rings. The monoisotopic (exact) mass is 376 g/mol. The first kappa shape index (κ1) is 18.4. The second-order valence-electron chi connectivity index (χ2n) is 5.57. The van der Waals surface area contributed by atoms with Gasteiger partial charge in [-0.1, -0.05) is 12.1 Å². The van der Waals surface area contributed by atoms with Gasteiger partial charge in [0.2, 0.25) is 5.91 Å². The minimum absolute atomic E-state index is 0.0668. The molecule has 0 aliphatic heterocycles. The molecule has 5 nitrogen and oxygen atoms in total. The van der Waals surface area contributed by atoms with Crippen LogP contribution in [0.15, 0.2) is 54.7 Å². The van der Waals surface area contributed by atoms with Gasteiger partial charge in [0.05, 0.1) is 23.9 Å². The van der Waals surface area contributed by atoms with Crippen LogP contribution in [0.25, 0.3) is 11.3 Å². The van der Waals surface area contributed by atoms with Gasteiger partial charge in [0, 0.05) is 11.3 Å². The second-order valence-corrected chi connectivity index (χ2v) is 5.57. The molecule has 0 saturated carbocycles. The standard InChI is InChI=1S/C18H12F4N4O/c19-13-5-6-14(23-10-13)9-17(27)24-16-8-7-15(25-26-16)11-1-3-12(4-2-11)18(20,21)22/h1-8,10H,9H2,(H,24,26,27). The highest BCUT2D eigenvalue weighted by Crippen LogP contribution is 2.30. The summed E-state index contributed by atoms with van der Waals surface area (Å²) in [7, 11) is 0. The number of carbonyl (C=O) groups excluding carboxylic acids is 1. The van der Waals surface area contributed by atoms with Crippen LogP contribution in [0, 0.1) is 5.82 Å². The van der Waals surface area contributed by atoms with E-state index >= 15 is 0 Å². The van der Waals surface area contributed by atoms with Crippen molar-refractivity contribution in [2.75, 3.05) is 5.32 Å². The summed E-state index contributed by atoms with van der Waals surface area (Å²) in [6, 6.07) is 10.1. The number of nitrogens with zero attached hydrogens (tertiary/aromatic N) is 3. The van der Waals surface area contributed by atoms with Crippen LogP contribution < -0.4 is 5.32 Å². The molecule has 0 aliphatic carbocycles. The Morgan fingerprint density at radius 2 is 1.70 bits per heavy atom. The smallest absolute Gasteiger partial charge is 0.309 e. The van der Waals surface area contributed by atoms with Crippen molar-refractivity contribution in [2.45, 2.75) is 12.6 Å². The van der Waals surface area contributed by atoms with Gasteiger partial charge in [-0.25, -0.2) is 4.39 Å². The highest BCUT2D eigenvalue weighted by Gasteiger charge is 2.30. The minimum atomic E-state index is -4.41. The number of pyridine rings is 1. The van der Waals surface area contributed by atoms with Gasteiger partial charge < -0.3 is 5.32 Å². The average Bonchev–Trinajstić information content (AvgIpc) is 2.64. The van der Waals surface area contributed by atoms with Gasteiger partial charge in [-0.15, -0.1) is 10.2 Å². The predicted molar refractivity (Wildman–Crippen MR) is 89.0 cm³/mol. The Labute approximate surface area is 151 Å². The van der Waals surface area contributed by atoms with Crippen LogP contribution in [0.3, 0.4) is 0 Å². The molecule has 1 aromatic carbocycles. The molecule has 27 heavy (non-hydrogen) atoms. The summed E-state index contributed by atoms with van der Waals surface area (Å²) < 4.78 is 50.5. The molecule has 0 bridgehead atoms. The van der Waals surface area contributed by atoms with E-state index in [2.05, 4.69) is 20.5 Å². The van der Waals surface area contributed by atoms with E-state index in [1.165, 1.54) is 36.4 Å². The van der Waals surface area contributed by atoms with Crippen LogP contribution in [-0.2, 0) is 17.4 Å². The van der Waals surface area contributed by atoms with Crippen molar-refractivity contribution < 1.29 is 22.4 Å². The first-order valence-electron chi connectivity index (χ1n) is 7.73. The summed E-state index contributed by atoms with van der Waals surface area (Å²) in [6.45, 7) is 0. The van der Waals surface area contributed by atoms with Gasteiger partial charge in [-0.05, 0) is 36.4 Å². The summed E-state index contributed by atoms with van der Waals surface area (Å²) in [6.07, 6.45) is -3.46. The van der Waals surface area contributed by atoms with Crippen LogP contribution in [0.5, 0.6) is 0 Å². The number of alkyl halides is 3. The Bertz CT molecular complexity index is 924. The Kier molecular flexibility index (Phi) is 5.11. The number of hydrogen-bond acceptors (Lipinski definition) is 4. The van der Waals surface area contributed by atoms with Gasteiger partial charge in [0.15, 0.2) is 5.82 Å². The van der Waals surface area contributed by atoms with E-state index in [4.69, 9.17) is 0 Å². The van der Waals surface area contributed by atoms with E-state index < -0.39 is 23.5 Å². The SMILES string of the molecule is O=C(Cc1ccc(F)cn1)Nc1ccc(-c2ccc(C(F)(F)F)cc2)nn1. The zero-order valence-electron chi connectivity index (χ0n) is 13.7. The molecule has 0 fully saturated rings. The zero-order chi connectivity index (χ0) is 19.4. The first-order valence-corrected chi connectivity index (χ1v) is 7.73. The van der Waals surface area contributed by atoms with Crippen molar-refractivity contribution in [3.8, 4) is 11.3 Å². The van der Waals surface area contributed by atoms with Gasteiger partial charge >= 0.3 is 6.18 Å². The third kappa shape index (κ3) is 4.84. The number of benzene rings is 1. The van der Waals surface area contributed by atoms with Crippen LogP contribution in [-0.4, -0.2) is 21.1 Å². The Morgan fingerprint density at radius 1 is 0.963 bits per heavy atom. The van der Waals surface area contributed by atoms with E-state index in [-0.39, 0.29) is 12.2 Å². The van der Waals surface area contributed by atoms with Crippen molar-refractivity contribution in [2.24, 2.45) is 0 Å². The van der Waals surface area contributed by atoms with E-state index in [0.717, 1.165) is 18.3 Å². The largest absolute Gasteiger partial charge is 0.416 e. The molecule has 2 heterocycles. The average molecular weight is 376 g/mol. The number of halogens is 4. The van der Waals surface area contributed by atoms with Crippen LogP contribution in [0.4, 0.5) is 23.4 Å². The molecular weight excluding hydrogens is 364 g/mol. The van der Waals surface area contributed by atoms with Gasteiger partial charge in [-0.3, -0.25) is 9.78 Å². The van der Waals surface area contributed by atoms with Crippen molar-refractivity contribution in [3.63, 3.8) is 0 Å². The molecule has 0 atom stereocenters. The molecule has 0 aliphatic rings. The fraction of sp³-hybridized carbons (Fsp3) is 0.111. The lowest BCUT2D eigenvalue weighted by atomic mass is 10.1. The maximum absolute atomic E-state index is 12.8. The third-order valence-electron chi connectivity index (χ3n) is 3.57. The normalized spacial score (nSPS) is 11.3. The molecule has 3 rings (SSSR count). The maximum atomic E-state index is 12.8. The van der Waals surface area contributed by atoms with Crippen LogP contribution in [0.1, 0.15) is 11.3 Å². The second kappa shape index (κ2) is 7.48. The molecule has 2 aromatic heterocycles. The van der Waals surface area contributed by atoms with E-state index in [1.807, 2.05) is 0 Å². The molecule has 0 radical (unpaired) electrons. The third-order valence-corrected chi connectivity index (χ3v) is 3.57. The molecule has 138 valence electrons. The predicted octanol–water partition coefficient (Wildman–Crippen LogP) is 3.88. The summed E-state index contributed by atoms with van der Waals surface area (Å²) in [5.74, 6) is -0.729. The molecule has 0 saturated heterocycles. The van der Waals surface area contributed by atoms with Crippen LogP contribution in [0.2, 0.25) is 0 Å². The number of amides is 1. The van der Waals surface area contributed by atoms with E-state index in [0.29, 0.717) is 17.0 Å². The van der Waals surface area contributed by atoms with Gasteiger partial charge in [0.1, 0.15) is 5.82 Å². The topological polar surface area (TPSA) is 67.8 Å². The number of nitrogens with one attached hydrogen (secondary N) is 1. The van der Waals surface area contributed by atoms with E-state index in [1.54, 1.807) is 0 Å². The minimum Gasteiger partial charge on any atom is -0.309 e.